The molecule has 1 amide bonds. The number of methoxy groups -OCH3 is 1. The second-order valence-electron chi connectivity index (χ2n) is 5.45. The molecule has 4 nitrogen and oxygen atoms in total. The average molecular weight is 295 g/mol. The normalized spacial score (nSPS) is 21.3. The van der Waals surface area contributed by atoms with Gasteiger partial charge in [-0.1, -0.05) is 0 Å². The van der Waals surface area contributed by atoms with Crippen LogP contribution in [-0.2, 0) is 9.53 Å². The van der Waals surface area contributed by atoms with Gasteiger partial charge in [0, 0.05) is 19.5 Å². The van der Waals surface area contributed by atoms with Gasteiger partial charge in [0.05, 0.1) is 25.0 Å². The maximum Gasteiger partial charge on any atom is 0.226 e. The minimum Gasteiger partial charge on any atom is -0.494 e. The van der Waals surface area contributed by atoms with E-state index >= 15 is 0 Å². The van der Waals surface area contributed by atoms with Gasteiger partial charge in [0.15, 0.2) is 0 Å². The monoisotopic (exact) mass is 295 g/mol. The summed E-state index contributed by atoms with van der Waals surface area (Å²) >= 11 is 0. The van der Waals surface area contributed by atoms with Gasteiger partial charge in [0.25, 0.3) is 0 Å². The van der Waals surface area contributed by atoms with E-state index in [4.69, 9.17) is 9.47 Å². The van der Waals surface area contributed by atoms with Crippen LogP contribution in [0.3, 0.4) is 0 Å². The Kier molecular flexibility index (Phi) is 5.17. The number of hydrogen-bond donors (Lipinski definition) is 0. The van der Waals surface area contributed by atoms with Gasteiger partial charge in [-0.05, 0) is 38.3 Å². The molecular formula is C16H22FNO3. The summed E-state index contributed by atoms with van der Waals surface area (Å²) in [4.78, 5) is 13.8. The maximum absolute atomic E-state index is 13.2. The van der Waals surface area contributed by atoms with Crippen molar-refractivity contribution in [3.8, 4) is 5.75 Å². The fraction of sp³-hybridized carbons (Fsp3) is 0.562. The van der Waals surface area contributed by atoms with Crippen molar-refractivity contribution in [2.75, 3.05) is 19.1 Å². The van der Waals surface area contributed by atoms with Crippen LogP contribution in [0.2, 0.25) is 0 Å². The van der Waals surface area contributed by atoms with Gasteiger partial charge in [0.1, 0.15) is 11.6 Å². The van der Waals surface area contributed by atoms with Crippen molar-refractivity contribution in [3.63, 3.8) is 0 Å². The third-order valence-electron chi connectivity index (χ3n) is 3.88. The molecule has 1 saturated heterocycles. The Balaban J connectivity index is 1.95. The highest BCUT2D eigenvalue weighted by atomic mass is 19.1. The highest BCUT2D eigenvalue weighted by Gasteiger charge is 2.23. The van der Waals surface area contributed by atoms with Crippen molar-refractivity contribution in [1.29, 1.82) is 0 Å². The van der Waals surface area contributed by atoms with Crippen LogP contribution in [-0.4, -0.2) is 32.3 Å². The van der Waals surface area contributed by atoms with Gasteiger partial charge in [-0.25, -0.2) is 4.39 Å². The Morgan fingerprint density at radius 2 is 2.24 bits per heavy atom. The fourth-order valence-corrected chi connectivity index (χ4v) is 2.61. The first-order valence-electron chi connectivity index (χ1n) is 7.26. The summed E-state index contributed by atoms with van der Waals surface area (Å²) in [7, 11) is 3.14. The van der Waals surface area contributed by atoms with Crippen molar-refractivity contribution in [1.82, 2.24) is 0 Å². The summed E-state index contributed by atoms with van der Waals surface area (Å²) in [6.07, 6.45) is 3.66. The number of carbonyl (C=O) groups excluding carboxylic acids is 1. The van der Waals surface area contributed by atoms with Crippen molar-refractivity contribution < 1.29 is 18.7 Å². The van der Waals surface area contributed by atoms with Crippen LogP contribution in [0.4, 0.5) is 10.1 Å². The number of benzene rings is 1. The SMILES string of the molecule is COc1cc(F)ccc1N(C)C(=O)CCC1CCC(C)O1. The van der Waals surface area contributed by atoms with E-state index in [9.17, 15) is 9.18 Å². The lowest BCUT2D eigenvalue weighted by Gasteiger charge is -2.21. The molecule has 1 aliphatic rings. The highest BCUT2D eigenvalue weighted by molar-refractivity contribution is 5.94. The summed E-state index contributed by atoms with van der Waals surface area (Å²) in [5.74, 6) is -0.0514. The Morgan fingerprint density at radius 3 is 2.86 bits per heavy atom. The molecule has 2 rings (SSSR count). The smallest absolute Gasteiger partial charge is 0.226 e. The zero-order valence-electron chi connectivity index (χ0n) is 12.8. The Labute approximate surface area is 124 Å². The zero-order valence-corrected chi connectivity index (χ0v) is 12.8. The molecule has 0 bridgehead atoms. The molecule has 2 unspecified atom stereocenters. The Bertz CT molecular complexity index is 506. The number of amides is 1. The van der Waals surface area contributed by atoms with Gasteiger partial charge >= 0.3 is 0 Å². The molecule has 0 aromatic heterocycles. The molecule has 5 heteroatoms. The van der Waals surface area contributed by atoms with Gasteiger partial charge < -0.3 is 14.4 Å². The van der Waals surface area contributed by atoms with Crippen LogP contribution in [0.25, 0.3) is 0 Å². The summed E-state index contributed by atoms with van der Waals surface area (Å²) in [5, 5.41) is 0. The van der Waals surface area contributed by atoms with E-state index in [-0.39, 0.29) is 17.8 Å². The van der Waals surface area contributed by atoms with E-state index in [0.29, 0.717) is 24.0 Å². The second kappa shape index (κ2) is 6.89. The molecule has 21 heavy (non-hydrogen) atoms. The molecule has 0 N–H and O–H groups in total. The van der Waals surface area contributed by atoms with Crippen molar-refractivity contribution in [3.05, 3.63) is 24.0 Å². The van der Waals surface area contributed by atoms with E-state index in [1.165, 1.54) is 24.1 Å². The van der Waals surface area contributed by atoms with Crippen molar-refractivity contribution in [2.45, 2.75) is 44.8 Å². The Hall–Kier alpha value is -1.62. The first-order chi connectivity index (χ1) is 10.0. The molecule has 1 heterocycles. The molecule has 1 fully saturated rings. The van der Waals surface area contributed by atoms with E-state index in [1.807, 2.05) is 0 Å². The lowest BCUT2D eigenvalue weighted by molar-refractivity contribution is -0.119. The van der Waals surface area contributed by atoms with Crippen LogP contribution >= 0.6 is 0 Å². The minimum atomic E-state index is -0.384. The lowest BCUT2D eigenvalue weighted by Crippen LogP contribution is -2.27. The Morgan fingerprint density at radius 1 is 1.48 bits per heavy atom. The predicted molar refractivity (Wildman–Crippen MR) is 79.2 cm³/mol. The van der Waals surface area contributed by atoms with Crippen LogP contribution in [0, 0.1) is 5.82 Å². The quantitative estimate of drug-likeness (QED) is 0.837. The molecule has 1 aliphatic heterocycles. The average Bonchev–Trinajstić information content (AvgIpc) is 2.89. The van der Waals surface area contributed by atoms with Crippen molar-refractivity contribution in [2.24, 2.45) is 0 Å². The molecule has 0 saturated carbocycles. The largest absolute Gasteiger partial charge is 0.494 e. The van der Waals surface area contributed by atoms with Gasteiger partial charge in [-0.2, -0.15) is 0 Å². The van der Waals surface area contributed by atoms with E-state index in [1.54, 1.807) is 13.1 Å². The van der Waals surface area contributed by atoms with E-state index in [2.05, 4.69) is 6.92 Å². The first kappa shape index (κ1) is 15.8. The molecule has 1 aromatic carbocycles. The summed E-state index contributed by atoms with van der Waals surface area (Å²) in [5.41, 5.74) is 0.574. The van der Waals surface area contributed by atoms with E-state index in [0.717, 1.165) is 19.3 Å². The van der Waals surface area contributed by atoms with Crippen LogP contribution < -0.4 is 9.64 Å². The highest BCUT2D eigenvalue weighted by Crippen LogP contribution is 2.29. The zero-order chi connectivity index (χ0) is 15.4. The maximum atomic E-state index is 13.2. The van der Waals surface area contributed by atoms with Gasteiger partial charge in [0.2, 0.25) is 5.91 Å². The number of anilines is 1. The third kappa shape index (κ3) is 3.94. The number of rotatable bonds is 5. The topological polar surface area (TPSA) is 38.8 Å². The van der Waals surface area contributed by atoms with Crippen LogP contribution in [0.5, 0.6) is 5.75 Å². The van der Waals surface area contributed by atoms with Crippen molar-refractivity contribution >= 4 is 11.6 Å². The minimum absolute atomic E-state index is 0.0249. The lowest BCUT2D eigenvalue weighted by atomic mass is 10.1. The van der Waals surface area contributed by atoms with E-state index < -0.39 is 0 Å². The molecule has 2 atom stereocenters. The number of hydrogen-bond acceptors (Lipinski definition) is 3. The molecule has 0 spiro atoms. The molecule has 116 valence electrons. The van der Waals surface area contributed by atoms with Crippen LogP contribution in [0.1, 0.15) is 32.6 Å². The standard InChI is InChI=1S/C16H22FNO3/c1-11-4-6-13(21-11)7-9-16(19)18(2)14-8-5-12(17)10-15(14)20-3/h5,8,10-11,13H,4,6-7,9H2,1-3H3. The van der Waals surface area contributed by atoms with Crippen LogP contribution in [0.15, 0.2) is 18.2 Å². The number of carbonyl (C=O) groups is 1. The second-order valence-corrected chi connectivity index (χ2v) is 5.45. The third-order valence-corrected chi connectivity index (χ3v) is 3.88. The summed E-state index contributed by atoms with van der Waals surface area (Å²) in [6, 6.07) is 4.16. The molecular weight excluding hydrogens is 273 g/mol. The molecule has 1 aromatic rings. The van der Waals surface area contributed by atoms with Gasteiger partial charge in [-0.3, -0.25) is 4.79 Å². The molecule has 0 aliphatic carbocycles. The summed E-state index contributed by atoms with van der Waals surface area (Å²) < 4.78 is 24.0. The number of nitrogens with zero attached hydrogens (tertiary/aromatic N) is 1. The fourth-order valence-electron chi connectivity index (χ4n) is 2.61. The predicted octanol–water partition coefficient (Wildman–Crippen LogP) is 3.14. The number of ether oxygens (including phenoxy) is 2. The summed E-state index contributed by atoms with van der Waals surface area (Å²) in [6.45, 7) is 2.05. The number of halogens is 1. The first-order valence-corrected chi connectivity index (χ1v) is 7.26. The molecule has 0 radical (unpaired) electrons. The van der Waals surface area contributed by atoms with Gasteiger partial charge in [-0.15, -0.1) is 0 Å².